The van der Waals surface area contributed by atoms with Crippen LogP contribution in [0.5, 0.6) is 46.0 Å². The second-order valence-electron chi connectivity index (χ2n) is 14.7. The third-order valence-electron chi connectivity index (χ3n) is 10.0. The smallest absolute Gasteiger partial charge is 0.163 e. The second-order valence-corrected chi connectivity index (χ2v) is 14.7. The van der Waals surface area contributed by atoms with Crippen molar-refractivity contribution in [3.05, 3.63) is 230 Å². The molecule has 0 atom stereocenters. The standard InChI is InChI=1S/C55H38N6O4/c1-5-13-42(14-6-1)62-46-29-21-38(22-30-46)52-56-50(57-53(60-52)39-23-31-47(32-24-39)63-43-15-7-2-8-16-43)37-51-58-54(40-25-33-48(34-26-40)64-44-17-9-3-10-18-44)61-55(59-51)41-27-35-49(36-28-41)65-45-19-11-4-12-20-45/h1-36H,37H2. The predicted molar refractivity (Wildman–Crippen MR) is 250 cm³/mol. The summed E-state index contributed by atoms with van der Waals surface area (Å²) >= 11 is 0. The minimum Gasteiger partial charge on any atom is -0.457 e. The van der Waals surface area contributed by atoms with Gasteiger partial charge in [-0.25, -0.2) is 29.9 Å². The lowest BCUT2D eigenvalue weighted by Gasteiger charge is -2.11. The van der Waals surface area contributed by atoms with Gasteiger partial charge in [0.25, 0.3) is 0 Å². The first-order chi connectivity index (χ1) is 32.1. The average Bonchev–Trinajstić information content (AvgIpc) is 3.36. The molecule has 10 aromatic rings. The van der Waals surface area contributed by atoms with Crippen LogP contribution in [0.4, 0.5) is 0 Å². The van der Waals surface area contributed by atoms with Crippen molar-refractivity contribution in [3.8, 4) is 91.5 Å². The highest BCUT2D eigenvalue weighted by atomic mass is 16.5. The Balaban J connectivity index is 1.00. The lowest BCUT2D eigenvalue weighted by atomic mass is 10.1. The monoisotopic (exact) mass is 846 g/mol. The molecule has 0 aliphatic rings. The van der Waals surface area contributed by atoms with E-state index in [0.29, 0.717) is 57.9 Å². The van der Waals surface area contributed by atoms with Crippen LogP contribution in [-0.2, 0) is 6.42 Å². The summed E-state index contributed by atoms with van der Waals surface area (Å²) in [6.45, 7) is 0. The molecule has 10 nitrogen and oxygen atoms in total. The first-order valence-electron chi connectivity index (χ1n) is 21.0. The summed E-state index contributed by atoms with van der Waals surface area (Å²) in [4.78, 5) is 29.9. The van der Waals surface area contributed by atoms with E-state index in [4.69, 9.17) is 48.9 Å². The molecule has 0 aliphatic carbocycles. The van der Waals surface area contributed by atoms with Gasteiger partial charge >= 0.3 is 0 Å². The fourth-order valence-corrected chi connectivity index (χ4v) is 6.84. The second kappa shape index (κ2) is 18.9. The lowest BCUT2D eigenvalue weighted by molar-refractivity contribution is 0.482. The molecule has 0 amide bonds. The van der Waals surface area contributed by atoms with Crippen molar-refractivity contribution in [2.75, 3.05) is 0 Å². The quantitative estimate of drug-likeness (QED) is 0.105. The highest BCUT2D eigenvalue weighted by Gasteiger charge is 2.17. The van der Waals surface area contributed by atoms with Gasteiger partial charge < -0.3 is 18.9 Å². The Morgan fingerprint density at radius 3 is 0.631 bits per heavy atom. The fraction of sp³-hybridized carbons (Fsp3) is 0.0182. The minimum absolute atomic E-state index is 0.180. The van der Waals surface area contributed by atoms with Crippen molar-refractivity contribution in [1.29, 1.82) is 0 Å². The van der Waals surface area contributed by atoms with Crippen LogP contribution < -0.4 is 18.9 Å². The molecule has 312 valence electrons. The number of hydrogen-bond acceptors (Lipinski definition) is 10. The van der Waals surface area contributed by atoms with Crippen molar-refractivity contribution >= 4 is 0 Å². The molecular formula is C55H38N6O4. The van der Waals surface area contributed by atoms with E-state index in [2.05, 4.69) is 0 Å². The van der Waals surface area contributed by atoms with Crippen LogP contribution in [0, 0.1) is 0 Å². The zero-order chi connectivity index (χ0) is 43.6. The van der Waals surface area contributed by atoms with E-state index in [-0.39, 0.29) is 6.42 Å². The van der Waals surface area contributed by atoms with E-state index >= 15 is 0 Å². The van der Waals surface area contributed by atoms with E-state index < -0.39 is 0 Å². The Labute approximate surface area is 375 Å². The third-order valence-corrected chi connectivity index (χ3v) is 10.0. The number of benzene rings is 8. The first-order valence-corrected chi connectivity index (χ1v) is 21.0. The summed E-state index contributed by atoms with van der Waals surface area (Å²) in [7, 11) is 0. The van der Waals surface area contributed by atoms with E-state index in [1.165, 1.54) is 0 Å². The largest absolute Gasteiger partial charge is 0.457 e. The summed E-state index contributed by atoms with van der Waals surface area (Å²) in [5.41, 5.74) is 3.14. The Hall–Kier alpha value is -9.02. The van der Waals surface area contributed by atoms with Crippen LogP contribution in [-0.4, -0.2) is 29.9 Å². The summed E-state index contributed by atoms with van der Waals surface area (Å²) in [5, 5.41) is 0. The van der Waals surface area contributed by atoms with Gasteiger partial charge in [-0.05, 0) is 146 Å². The summed E-state index contributed by atoms with van der Waals surface area (Å²) in [5.74, 6) is 8.61. The van der Waals surface area contributed by atoms with Gasteiger partial charge in [0.05, 0.1) is 6.42 Å². The molecule has 2 heterocycles. The maximum atomic E-state index is 6.08. The van der Waals surface area contributed by atoms with Crippen molar-refractivity contribution < 1.29 is 18.9 Å². The normalized spacial score (nSPS) is 10.8. The predicted octanol–water partition coefficient (Wildman–Crippen LogP) is 13.5. The Morgan fingerprint density at radius 1 is 0.215 bits per heavy atom. The van der Waals surface area contributed by atoms with E-state index in [0.717, 1.165) is 45.3 Å². The number of nitrogens with zero attached hydrogens (tertiary/aromatic N) is 6. The zero-order valence-corrected chi connectivity index (χ0v) is 34.8. The molecule has 0 bridgehead atoms. The van der Waals surface area contributed by atoms with Gasteiger partial charge in [-0.1, -0.05) is 72.8 Å². The van der Waals surface area contributed by atoms with E-state index in [1.807, 2.05) is 218 Å². The molecule has 0 spiro atoms. The maximum absolute atomic E-state index is 6.08. The van der Waals surface area contributed by atoms with E-state index in [9.17, 15) is 0 Å². The molecule has 0 aliphatic heterocycles. The van der Waals surface area contributed by atoms with Gasteiger partial charge in [0.15, 0.2) is 23.3 Å². The lowest BCUT2D eigenvalue weighted by Crippen LogP contribution is -2.08. The van der Waals surface area contributed by atoms with Gasteiger partial charge in [0.2, 0.25) is 0 Å². The van der Waals surface area contributed by atoms with Crippen LogP contribution >= 0.6 is 0 Å². The number of para-hydroxylation sites is 4. The van der Waals surface area contributed by atoms with Crippen LogP contribution in [0.1, 0.15) is 11.6 Å². The topological polar surface area (TPSA) is 114 Å². The molecule has 10 rings (SSSR count). The van der Waals surface area contributed by atoms with Crippen LogP contribution in [0.15, 0.2) is 218 Å². The molecular weight excluding hydrogens is 809 g/mol. The summed E-state index contributed by atoms with van der Waals surface area (Å²) in [6, 6.07) is 69.3. The van der Waals surface area contributed by atoms with Crippen molar-refractivity contribution in [2.24, 2.45) is 0 Å². The van der Waals surface area contributed by atoms with Crippen LogP contribution in [0.3, 0.4) is 0 Å². The molecule has 8 aromatic carbocycles. The van der Waals surface area contributed by atoms with Gasteiger partial charge in [-0.3, -0.25) is 0 Å². The first kappa shape index (κ1) is 40.1. The Morgan fingerprint density at radius 2 is 0.415 bits per heavy atom. The van der Waals surface area contributed by atoms with Crippen LogP contribution in [0.2, 0.25) is 0 Å². The summed E-state index contributed by atoms with van der Waals surface area (Å²) < 4.78 is 24.3. The van der Waals surface area contributed by atoms with Crippen molar-refractivity contribution in [1.82, 2.24) is 29.9 Å². The molecule has 0 radical (unpaired) electrons. The number of rotatable bonds is 14. The Kier molecular flexibility index (Phi) is 11.7. The molecule has 10 heteroatoms. The average molecular weight is 847 g/mol. The van der Waals surface area contributed by atoms with Crippen molar-refractivity contribution in [2.45, 2.75) is 6.42 Å². The minimum atomic E-state index is 0.180. The van der Waals surface area contributed by atoms with Gasteiger partial charge in [0, 0.05) is 22.3 Å². The van der Waals surface area contributed by atoms with Crippen molar-refractivity contribution in [3.63, 3.8) is 0 Å². The molecule has 0 saturated heterocycles. The number of ether oxygens (including phenoxy) is 4. The highest BCUT2D eigenvalue weighted by Crippen LogP contribution is 2.31. The number of aromatic nitrogens is 6. The molecule has 0 N–H and O–H groups in total. The Bertz CT molecular complexity index is 2700. The molecule has 0 fully saturated rings. The third kappa shape index (κ3) is 10.2. The van der Waals surface area contributed by atoms with Gasteiger partial charge in [0.1, 0.15) is 57.6 Å². The molecule has 2 aromatic heterocycles. The zero-order valence-electron chi connectivity index (χ0n) is 34.8. The highest BCUT2D eigenvalue weighted by molar-refractivity contribution is 5.64. The molecule has 0 unspecified atom stereocenters. The number of hydrogen-bond donors (Lipinski definition) is 0. The van der Waals surface area contributed by atoms with Crippen LogP contribution in [0.25, 0.3) is 45.6 Å². The van der Waals surface area contributed by atoms with Gasteiger partial charge in [-0.2, -0.15) is 0 Å². The molecule has 65 heavy (non-hydrogen) atoms. The van der Waals surface area contributed by atoms with Gasteiger partial charge in [-0.15, -0.1) is 0 Å². The fourth-order valence-electron chi connectivity index (χ4n) is 6.84. The molecule has 0 saturated carbocycles. The maximum Gasteiger partial charge on any atom is 0.163 e. The summed E-state index contributed by atoms with van der Waals surface area (Å²) in [6.07, 6.45) is 0.180. The van der Waals surface area contributed by atoms with E-state index in [1.54, 1.807) is 0 Å². The SMILES string of the molecule is c1ccc(Oc2ccc(-c3nc(Cc4nc(-c5ccc(Oc6ccccc6)cc5)nc(-c5ccc(Oc6ccccc6)cc5)n4)nc(-c4ccc(Oc5ccccc5)cc4)n3)cc2)cc1.